The number of carbonyl (C=O) groups excluding carboxylic acids is 1. The lowest BCUT2D eigenvalue weighted by atomic mass is 9.77. The van der Waals surface area contributed by atoms with Gasteiger partial charge in [0.05, 0.1) is 29.9 Å². The normalized spacial score (nSPS) is 19.2. The maximum absolute atomic E-state index is 13.6. The number of hydrogen-bond acceptors (Lipinski definition) is 6. The smallest absolute Gasteiger partial charge is 0.270 e. The van der Waals surface area contributed by atoms with E-state index in [-0.39, 0.29) is 23.6 Å². The Balaban J connectivity index is 1.48. The first-order chi connectivity index (χ1) is 20.0. The molecule has 2 atom stereocenters. The molecule has 1 heterocycles. The third-order valence-corrected chi connectivity index (χ3v) is 7.29. The van der Waals surface area contributed by atoms with Gasteiger partial charge in [-0.2, -0.15) is 5.10 Å². The summed E-state index contributed by atoms with van der Waals surface area (Å²) in [6.07, 6.45) is 7.98. The van der Waals surface area contributed by atoms with Crippen molar-refractivity contribution in [2.24, 2.45) is 11.0 Å². The minimum atomic E-state index is -0.448. The Labute approximate surface area is 239 Å². The van der Waals surface area contributed by atoms with Crippen molar-refractivity contribution in [3.05, 3.63) is 111 Å². The molecule has 1 fully saturated rings. The molecule has 1 amide bonds. The van der Waals surface area contributed by atoms with Crippen molar-refractivity contribution in [2.75, 3.05) is 13.2 Å². The molecule has 3 aromatic carbocycles. The summed E-state index contributed by atoms with van der Waals surface area (Å²) in [7, 11) is 0. The van der Waals surface area contributed by atoms with E-state index in [1.54, 1.807) is 23.2 Å². The van der Waals surface area contributed by atoms with Crippen molar-refractivity contribution in [1.29, 1.82) is 0 Å². The van der Waals surface area contributed by atoms with Crippen LogP contribution in [0.4, 0.5) is 5.69 Å². The zero-order chi connectivity index (χ0) is 28.8. The first-order valence-corrected chi connectivity index (χ1v) is 14.0. The average molecular weight is 552 g/mol. The fourth-order valence-electron chi connectivity index (χ4n) is 5.46. The maximum Gasteiger partial charge on any atom is 0.270 e. The van der Waals surface area contributed by atoms with Crippen molar-refractivity contribution in [1.82, 2.24) is 5.01 Å². The molecule has 0 N–H and O–H groups in total. The van der Waals surface area contributed by atoms with Crippen LogP contribution in [0.1, 0.15) is 55.8 Å². The standard InChI is InChI=1S/C33H33N3O5/c1-3-40-28-16-11-24(12-17-28)21-26-8-6-10-30-32(26)34-35(33(30)25-14-18-29(19-15-25)41-4-2)31(37)20-13-23-7-5-9-27(22-23)36(38)39/h5,7,9,11-22,30,33H,3-4,6,8,10H2,1-2H3/b20-13+,26-21+/t30-,33+/m1/s1. The van der Waals surface area contributed by atoms with E-state index in [1.807, 2.05) is 62.4 Å². The van der Waals surface area contributed by atoms with Gasteiger partial charge in [-0.25, -0.2) is 5.01 Å². The summed E-state index contributed by atoms with van der Waals surface area (Å²) in [6, 6.07) is 21.8. The number of non-ortho nitro benzene ring substituents is 1. The fraction of sp³-hybridized carbons (Fsp3) is 0.273. The summed E-state index contributed by atoms with van der Waals surface area (Å²) >= 11 is 0. The molecule has 1 saturated carbocycles. The second kappa shape index (κ2) is 12.6. The number of nitrogens with zero attached hydrogens (tertiary/aromatic N) is 3. The first-order valence-electron chi connectivity index (χ1n) is 14.0. The Morgan fingerprint density at radius 1 is 1.00 bits per heavy atom. The second-order valence-electron chi connectivity index (χ2n) is 9.97. The van der Waals surface area contributed by atoms with Crippen LogP contribution in [0.15, 0.2) is 89.5 Å². The van der Waals surface area contributed by atoms with Crippen LogP contribution in [0.5, 0.6) is 11.5 Å². The minimum absolute atomic E-state index is 0.0247. The van der Waals surface area contributed by atoms with Crippen LogP contribution >= 0.6 is 0 Å². The quantitative estimate of drug-likeness (QED) is 0.159. The van der Waals surface area contributed by atoms with E-state index in [1.165, 1.54) is 18.2 Å². The van der Waals surface area contributed by atoms with E-state index >= 15 is 0 Å². The summed E-state index contributed by atoms with van der Waals surface area (Å²) in [5, 5.41) is 17.7. The molecule has 3 aromatic rings. The molecule has 1 aliphatic carbocycles. The summed E-state index contributed by atoms with van der Waals surface area (Å²) in [6.45, 7) is 5.10. The molecule has 8 nitrogen and oxygen atoms in total. The van der Waals surface area contributed by atoms with Crippen LogP contribution in [0.2, 0.25) is 0 Å². The zero-order valence-electron chi connectivity index (χ0n) is 23.2. The third kappa shape index (κ3) is 6.38. The zero-order valence-corrected chi connectivity index (χ0v) is 23.2. The van der Waals surface area contributed by atoms with E-state index in [9.17, 15) is 14.9 Å². The van der Waals surface area contributed by atoms with Gasteiger partial charge < -0.3 is 9.47 Å². The van der Waals surface area contributed by atoms with Crippen LogP contribution < -0.4 is 9.47 Å². The Bertz CT molecular complexity index is 1490. The molecule has 210 valence electrons. The number of benzene rings is 3. The average Bonchev–Trinajstić information content (AvgIpc) is 3.39. The highest BCUT2D eigenvalue weighted by atomic mass is 16.6. The molecule has 41 heavy (non-hydrogen) atoms. The topological polar surface area (TPSA) is 94.3 Å². The van der Waals surface area contributed by atoms with Gasteiger partial charge in [-0.15, -0.1) is 0 Å². The molecule has 0 aromatic heterocycles. The molecule has 0 unspecified atom stereocenters. The summed E-state index contributed by atoms with van der Waals surface area (Å²) in [4.78, 5) is 24.4. The molecule has 2 aliphatic rings. The van der Waals surface area contributed by atoms with E-state index in [0.29, 0.717) is 18.8 Å². The molecular formula is C33H33N3O5. The van der Waals surface area contributed by atoms with Gasteiger partial charge in [-0.3, -0.25) is 14.9 Å². The molecule has 0 saturated heterocycles. The lowest BCUT2D eigenvalue weighted by Gasteiger charge is -2.29. The Morgan fingerprint density at radius 3 is 2.34 bits per heavy atom. The molecule has 0 radical (unpaired) electrons. The van der Waals surface area contributed by atoms with Crippen LogP contribution in [0.3, 0.4) is 0 Å². The van der Waals surface area contributed by atoms with Crippen LogP contribution in [-0.2, 0) is 4.79 Å². The van der Waals surface area contributed by atoms with Gasteiger partial charge in [0.2, 0.25) is 0 Å². The number of carbonyl (C=O) groups is 1. The number of amides is 1. The first kappa shape index (κ1) is 27.8. The maximum atomic E-state index is 13.6. The number of fused-ring (bicyclic) bond motifs is 1. The van der Waals surface area contributed by atoms with Gasteiger partial charge in [-0.05, 0) is 91.8 Å². The lowest BCUT2D eigenvalue weighted by molar-refractivity contribution is -0.384. The van der Waals surface area contributed by atoms with Gasteiger partial charge >= 0.3 is 0 Å². The summed E-state index contributed by atoms with van der Waals surface area (Å²) in [5.74, 6) is 1.37. The van der Waals surface area contributed by atoms with Crippen LogP contribution in [-0.4, -0.2) is 34.8 Å². The molecule has 8 heteroatoms. The minimum Gasteiger partial charge on any atom is -0.494 e. The van der Waals surface area contributed by atoms with Crippen LogP contribution in [0, 0.1) is 16.0 Å². The number of nitro groups is 1. The number of ether oxygens (including phenoxy) is 2. The van der Waals surface area contributed by atoms with Gasteiger partial charge in [0, 0.05) is 24.1 Å². The van der Waals surface area contributed by atoms with E-state index in [2.05, 4.69) is 6.08 Å². The van der Waals surface area contributed by atoms with Crippen molar-refractivity contribution in [2.45, 2.75) is 39.2 Å². The highest BCUT2D eigenvalue weighted by Crippen LogP contribution is 2.44. The van der Waals surface area contributed by atoms with Crippen molar-refractivity contribution in [3.8, 4) is 11.5 Å². The number of hydrogen-bond donors (Lipinski definition) is 0. The monoisotopic (exact) mass is 551 g/mol. The number of allylic oxidation sites excluding steroid dienone is 1. The SMILES string of the molecule is CCOc1ccc(/C=C2\CCC[C@@H]3C2=NN(C(=O)/C=C/c2cccc([N+](=O)[O-])c2)[C@H]3c2ccc(OCC)cc2)cc1. The largest absolute Gasteiger partial charge is 0.494 e. The van der Waals surface area contributed by atoms with Gasteiger partial charge in [0.1, 0.15) is 11.5 Å². The molecular weight excluding hydrogens is 518 g/mol. The van der Waals surface area contributed by atoms with Crippen molar-refractivity contribution >= 4 is 29.5 Å². The molecule has 0 spiro atoms. The summed E-state index contributed by atoms with van der Waals surface area (Å²) in [5.41, 5.74) is 4.64. The van der Waals surface area contributed by atoms with E-state index < -0.39 is 4.92 Å². The number of hydrazone groups is 1. The second-order valence-corrected chi connectivity index (χ2v) is 9.97. The Hall–Kier alpha value is -4.72. The summed E-state index contributed by atoms with van der Waals surface area (Å²) < 4.78 is 11.2. The molecule has 5 rings (SSSR count). The van der Waals surface area contributed by atoms with Gasteiger partial charge in [0.25, 0.3) is 11.6 Å². The van der Waals surface area contributed by atoms with Crippen LogP contribution in [0.25, 0.3) is 12.2 Å². The Kier molecular flexibility index (Phi) is 8.58. The van der Waals surface area contributed by atoms with E-state index in [0.717, 1.165) is 53.2 Å². The fourth-order valence-corrected chi connectivity index (χ4v) is 5.46. The Morgan fingerprint density at radius 2 is 1.68 bits per heavy atom. The van der Waals surface area contributed by atoms with Gasteiger partial charge in [0.15, 0.2) is 0 Å². The molecule has 1 aliphatic heterocycles. The van der Waals surface area contributed by atoms with Gasteiger partial charge in [-0.1, -0.05) is 36.4 Å². The highest BCUT2D eigenvalue weighted by Gasteiger charge is 2.43. The third-order valence-electron chi connectivity index (χ3n) is 7.29. The lowest BCUT2D eigenvalue weighted by Crippen LogP contribution is -2.30. The van der Waals surface area contributed by atoms with Crippen molar-refractivity contribution < 1.29 is 19.2 Å². The van der Waals surface area contributed by atoms with Crippen molar-refractivity contribution in [3.63, 3.8) is 0 Å². The number of rotatable bonds is 9. The molecule has 0 bridgehead atoms. The van der Waals surface area contributed by atoms with E-state index in [4.69, 9.17) is 14.6 Å². The predicted molar refractivity (Wildman–Crippen MR) is 160 cm³/mol. The number of nitro benzene ring substituents is 1. The predicted octanol–water partition coefficient (Wildman–Crippen LogP) is 7.23. The highest BCUT2D eigenvalue weighted by molar-refractivity contribution is 6.08.